The Hall–Kier alpha value is 1.18. The van der Waals surface area contributed by atoms with Crippen LogP contribution in [0.2, 0.25) is 76.6 Å². The molecule has 146 valence electrons. The van der Waals surface area contributed by atoms with Crippen LogP contribution in [-0.2, 0) is 0 Å². The molecule has 0 spiro atoms. The Balaban J connectivity index is -0.0000000973. The summed E-state index contributed by atoms with van der Waals surface area (Å²) in [7, 11) is -5.36. The first-order valence-corrected chi connectivity index (χ1v) is 23.0. The van der Waals surface area contributed by atoms with Crippen molar-refractivity contribution in [2.45, 2.75) is 76.6 Å². The fourth-order valence-electron chi connectivity index (χ4n) is 1.36. The normalized spacial score (nSPS) is 10.8. The number of halogens is 3. The van der Waals surface area contributed by atoms with E-state index >= 15 is 0 Å². The summed E-state index contributed by atoms with van der Waals surface area (Å²) in [5.74, 6) is 0. The molecular weight excluding hydrogens is 459 g/mol. The van der Waals surface area contributed by atoms with E-state index in [0.717, 1.165) is 12.1 Å². The van der Waals surface area contributed by atoms with Crippen molar-refractivity contribution in [1.82, 2.24) is 0 Å². The Kier molecular flexibility index (Phi) is 24.9. The molecule has 0 nitrogen and oxygen atoms in total. The van der Waals surface area contributed by atoms with Crippen molar-refractivity contribution in [1.29, 1.82) is 0 Å². The smallest absolute Gasteiger partial charge is 1.00 e. The third-order valence-corrected chi connectivity index (χ3v) is 13.0. The number of hydrogen-bond acceptors (Lipinski definition) is 0. The van der Waals surface area contributed by atoms with E-state index in [0.29, 0.717) is 0 Å². The van der Waals surface area contributed by atoms with Gasteiger partial charge in [-0.1, -0.05) is 52.4 Å². The second kappa shape index (κ2) is 17.1. The van der Waals surface area contributed by atoms with Crippen molar-refractivity contribution in [2.75, 3.05) is 0 Å². The van der Waals surface area contributed by atoms with Gasteiger partial charge in [-0.2, -0.15) is 22.2 Å². The zero-order valence-corrected chi connectivity index (χ0v) is 25.6. The van der Waals surface area contributed by atoms with Crippen LogP contribution in [-0.4, -0.2) is 54.0 Å². The molecule has 0 atom stereocenters. The van der Waals surface area contributed by atoms with Crippen molar-refractivity contribution >= 4 is 76.1 Å². The Morgan fingerprint density at radius 2 is 0.846 bits per heavy atom. The first-order valence-electron chi connectivity index (χ1n) is 8.16. The minimum atomic E-state index is -1.34. The molecule has 0 saturated carbocycles. The van der Waals surface area contributed by atoms with Gasteiger partial charge in [-0.15, -0.1) is 23.9 Å². The predicted molar refractivity (Wildman–Crippen MR) is 132 cm³/mol. The van der Waals surface area contributed by atoms with Crippen molar-refractivity contribution < 1.29 is 12.4 Å². The third kappa shape index (κ3) is 32.8. The molecule has 0 rings (SSSR count). The molecule has 0 radical (unpaired) electrons. The summed E-state index contributed by atoms with van der Waals surface area (Å²) in [6.45, 7) is 17.6. The van der Waals surface area contributed by atoms with E-state index in [-0.39, 0.29) is 35.5 Å². The number of rotatable bonds is 6. The summed E-state index contributed by atoms with van der Waals surface area (Å²) in [6.07, 6.45) is 19.9. The molecule has 0 aliphatic heterocycles. The van der Waals surface area contributed by atoms with Crippen LogP contribution in [0.3, 0.4) is 0 Å². The molecule has 0 fully saturated rings. The Labute approximate surface area is 200 Å². The molecule has 0 aliphatic rings. The van der Waals surface area contributed by atoms with Crippen LogP contribution in [0.4, 0.5) is 0 Å². The zero-order chi connectivity index (χ0) is 20.2. The van der Waals surface area contributed by atoms with Gasteiger partial charge in [0.05, 0.1) is 0 Å². The van der Waals surface area contributed by atoms with E-state index < -0.39 is 30.9 Å². The Morgan fingerprint density at radius 3 is 0.962 bits per heavy atom. The molecule has 0 amide bonds. The minimum absolute atomic E-state index is 0. The van der Waals surface area contributed by atoms with Crippen molar-refractivity contribution in [3.63, 3.8) is 0 Å². The van der Waals surface area contributed by atoms with Gasteiger partial charge in [0.1, 0.15) is 30.9 Å². The predicted octanol–water partition coefficient (Wildman–Crippen LogP) is 3.45. The van der Waals surface area contributed by atoms with E-state index in [1.807, 2.05) is 0 Å². The molecule has 0 unspecified atom stereocenters. The second-order valence-corrected chi connectivity index (χ2v) is 31.6. The van der Waals surface area contributed by atoms with E-state index in [1.165, 1.54) is 12.1 Å². The molecule has 0 aromatic rings. The molecule has 0 saturated heterocycles. The molecular formula is C18H35Cl3MgSi4. The molecule has 26 heavy (non-hydrogen) atoms. The Morgan fingerprint density at radius 1 is 0.654 bits per heavy atom. The van der Waals surface area contributed by atoms with E-state index in [4.69, 9.17) is 41.4 Å². The maximum Gasteiger partial charge on any atom is 2.00 e. The monoisotopic (exact) mass is 492 g/mol. The average Bonchev–Trinajstić information content (AvgIpc) is 2.45. The summed E-state index contributed by atoms with van der Waals surface area (Å²) in [5.41, 5.74) is 5.86. The van der Waals surface area contributed by atoms with Crippen LogP contribution < -0.4 is 12.4 Å². The first-order chi connectivity index (χ1) is 10.5. The summed E-state index contributed by atoms with van der Waals surface area (Å²) in [5, 5.41) is 0. The molecule has 0 aromatic heterocycles. The van der Waals surface area contributed by atoms with Crippen LogP contribution in [0.1, 0.15) is 0 Å². The largest absolute Gasteiger partial charge is 2.00 e. The maximum atomic E-state index is 6.14. The molecule has 0 aromatic carbocycles. The molecule has 0 bridgehead atoms. The fourth-order valence-corrected chi connectivity index (χ4v) is 13.1. The van der Waals surface area contributed by atoms with Crippen LogP contribution in [0.25, 0.3) is 0 Å². The van der Waals surface area contributed by atoms with Gasteiger partial charge < -0.3 is 25.3 Å². The average molecular weight is 494 g/mol. The quantitative estimate of drug-likeness (QED) is 0.230. The maximum absolute atomic E-state index is 6.14. The van der Waals surface area contributed by atoms with Gasteiger partial charge in [-0.25, -0.2) is 0 Å². The van der Waals surface area contributed by atoms with E-state index in [9.17, 15) is 0 Å². The molecule has 0 heterocycles. The SMILES string of the molecule is C#C[Si](C)(C)CC[Si](C)(C)C#C.C[Si](C)(Cl)CC[Si](C)(C)Cl.[C-]#C.[Cl-].[Mg+2]. The van der Waals surface area contributed by atoms with Gasteiger partial charge in [-0.05, 0) is 24.2 Å². The topological polar surface area (TPSA) is 0 Å². The standard InChI is InChI=1S/C10H18Si2.C6H16Cl2Si2.C2H.ClH.Mg/c1-7-11(3,4)9-10-12(5,6)8-2;1-9(2,7)5-6-10(3,4)8;1-2;;/h1-2H,9-10H2,3-6H3;5-6H2,1-4H3;1H;1H;/q;;-1;;+2/p-1. The van der Waals surface area contributed by atoms with Gasteiger partial charge in [0.15, 0.2) is 0 Å². The van der Waals surface area contributed by atoms with E-state index in [1.54, 1.807) is 0 Å². The summed E-state index contributed by atoms with van der Waals surface area (Å²) in [6, 6.07) is 4.70. The van der Waals surface area contributed by atoms with Crippen molar-refractivity contribution in [2.24, 2.45) is 0 Å². The van der Waals surface area contributed by atoms with Gasteiger partial charge >= 0.3 is 23.1 Å². The summed E-state index contributed by atoms with van der Waals surface area (Å²) >= 11 is 12.3. The summed E-state index contributed by atoms with van der Waals surface area (Å²) < 4.78 is 0. The van der Waals surface area contributed by atoms with Crippen LogP contribution in [0, 0.1) is 36.8 Å². The zero-order valence-electron chi connectivity index (χ0n) is 17.9. The van der Waals surface area contributed by atoms with Gasteiger partial charge in [0.25, 0.3) is 0 Å². The molecule has 0 aliphatic carbocycles. The van der Waals surface area contributed by atoms with Crippen LogP contribution in [0.15, 0.2) is 0 Å². The number of terminal acetylenes is 3. The summed E-state index contributed by atoms with van der Waals surface area (Å²) in [4.78, 5) is 0. The molecule has 8 heteroatoms. The van der Waals surface area contributed by atoms with Gasteiger partial charge in [0.2, 0.25) is 0 Å². The molecule has 0 N–H and O–H groups in total. The van der Waals surface area contributed by atoms with Crippen LogP contribution in [0.5, 0.6) is 0 Å². The van der Waals surface area contributed by atoms with Crippen LogP contribution >= 0.6 is 22.2 Å². The van der Waals surface area contributed by atoms with Gasteiger partial charge in [0, 0.05) is 0 Å². The van der Waals surface area contributed by atoms with Crippen molar-refractivity contribution in [3.8, 4) is 30.4 Å². The third-order valence-electron chi connectivity index (χ3n) is 3.47. The fraction of sp³-hybridized carbons (Fsp3) is 0.667. The van der Waals surface area contributed by atoms with E-state index in [2.05, 4.69) is 69.9 Å². The van der Waals surface area contributed by atoms with Crippen molar-refractivity contribution in [3.05, 3.63) is 6.42 Å². The Bertz CT molecular complexity index is 410. The first kappa shape index (κ1) is 37.9. The number of hydrogen-bond donors (Lipinski definition) is 0. The minimum Gasteiger partial charge on any atom is -1.00 e. The second-order valence-electron chi connectivity index (χ2n) is 8.49. The van der Waals surface area contributed by atoms with Gasteiger partial charge in [-0.3, -0.25) is 0 Å².